The van der Waals surface area contributed by atoms with Gasteiger partial charge in [-0.1, -0.05) is 36.4 Å². The standard InChI is InChI=1S/C26H24N2O5/c1-3-32-19-15-13-17(14-16-19)27-24(30)23-26(2,25(27)31)22(20-11-7-8-12-21(20)29)28(33-23)18-9-5-4-6-10-18/h4-16,22-23,29H,3H2,1-2H3/t22-,23-,26+/m0/s1. The molecule has 2 amide bonds. The topological polar surface area (TPSA) is 79.3 Å². The number of nitrogens with zero attached hydrogens (tertiary/aromatic N) is 2. The van der Waals surface area contributed by atoms with Gasteiger partial charge in [0.1, 0.15) is 23.0 Å². The second kappa shape index (κ2) is 7.94. The Balaban J connectivity index is 1.60. The Hall–Kier alpha value is -3.84. The molecule has 3 aromatic carbocycles. The van der Waals surface area contributed by atoms with E-state index >= 15 is 0 Å². The van der Waals surface area contributed by atoms with Crippen LogP contribution < -0.4 is 14.7 Å². The first-order chi connectivity index (χ1) is 16.0. The van der Waals surface area contributed by atoms with Crippen LogP contribution in [-0.2, 0) is 14.4 Å². The third-order valence-electron chi connectivity index (χ3n) is 6.32. The number of anilines is 2. The molecule has 0 spiro atoms. The minimum absolute atomic E-state index is 0.0358. The van der Waals surface area contributed by atoms with Gasteiger partial charge in [-0.15, -0.1) is 0 Å². The molecule has 5 rings (SSSR count). The molecule has 2 heterocycles. The molecule has 33 heavy (non-hydrogen) atoms. The molecule has 2 aliphatic rings. The van der Waals surface area contributed by atoms with Crippen LogP contribution in [0, 0.1) is 5.41 Å². The quantitative estimate of drug-likeness (QED) is 0.594. The molecule has 2 fully saturated rings. The summed E-state index contributed by atoms with van der Waals surface area (Å²) in [7, 11) is 0. The molecule has 0 saturated carbocycles. The Bertz CT molecular complexity index is 1200. The fraction of sp³-hybridized carbons (Fsp3) is 0.231. The van der Waals surface area contributed by atoms with Gasteiger partial charge in [0, 0.05) is 5.56 Å². The van der Waals surface area contributed by atoms with Crippen molar-refractivity contribution in [3.63, 3.8) is 0 Å². The van der Waals surface area contributed by atoms with E-state index in [1.807, 2.05) is 37.3 Å². The van der Waals surface area contributed by atoms with Gasteiger partial charge in [-0.25, -0.2) is 9.96 Å². The van der Waals surface area contributed by atoms with Gasteiger partial charge in [-0.05, 0) is 56.3 Å². The van der Waals surface area contributed by atoms with Crippen LogP contribution in [0.2, 0.25) is 0 Å². The second-order valence-electron chi connectivity index (χ2n) is 8.30. The second-order valence-corrected chi connectivity index (χ2v) is 8.30. The van der Waals surface area contributed by atoms with Gasteiger partial charge in [-0.2, -0.15) is 0 Å². The van der Waals surface area contributed by atoms with Crippen LogP contribution in [0.1, 0.15) is 25.5 Å². The first-order valence-corrected chi connectivity index (χ1v) is 10.9. The van der Waals surface area contributed by atoms with Crippen molar-refractivity contribution in [1.29, 1.82) is 0 Å². The highest BCUT2D eigenvalue weighted by Gasteiger charge is 2.69. The van der Waals surface area contributed by atoms with Crippen molar-refractivity contribution in [3.8, 4) is 11.5 Å². The molecule has 168 valence electrons. The minimum Gasteiger partial charge on any atom is -0.508 e. The number of ether oxygens (including phenoxy) is 1. The van der Waals surface area contributed by atoms with Crippen molar-refractivity contribution in [2.45, 2.75) is 26.0 Å². The molecule has 2 saturated heterocycles. The summed E-state index contributed by atoms with van der Waals surface area (Å²) < 4.78 is 5.48. The van der Waals surface area contributed by atoms with Crippen LogP contribution in [0.5, 0.6) is 11.5 Å². The minimum atomic E-state index is -1.26. The zero-order valence-electron chi connectivity index (χ0n) is 18.3. The van der Waals surface area contributed by atoms with Crippen LogP contribution in [0.4, 0.5) is 11.4 Å². The van der Waals surface area contributed by atoms with Crippen molar-refractivity contribution < 1.29 is 24.3 Å². The number of rotatable bonds is 5. The van der Waals surface area contributed by atoms with Gasteiger partial charge in [0.05, 0.1) is 18.0 Å². The van der Waals surface area contributed by atoms with E-state index in [9.17, 15) is 14.7 Å². The normalized spacial score (nSPS) is 24.3. The van der Waals surface area contributed by atoms with Crippen LogP contribution in [-0.4, -0.2) is 29.6 Å². The van der Waals surface area contributed by atoms with E-state index in [1.54, 1.807) is 60.5 Å². The zero-order valence-corrected chi connectivity index (χ0v) is 18.3. The van der Waals surface area contributed by atoms with Gasteiger partial charge in [0.25, 0.3) is 5.91 Å². The lowest BCUT2D eigenvalue weighted by atomic mass is 9.76. The lowest BCUT2D eigenvalue weighted by molar-refractivity contribution is -0.128. The van der Waals surface area contributed by atoms with Crippen molar-refractivity contribution in [2.24, 2.45) is 5.41 Å². The van der Waals surface area contributed by atoms with E-state index < -0.39 is 23.5 Å². The Morgan fingerprint density at radius 2 is 1.61 bits per heavy atom. The van der Waals surface area contributed by atoms with Crippen LogP contribution in [0.3, 0.4) is 0 Å². The fourth-order valence-corrected chi connectivity index (χ4v) is 4.72. The molecule has 0 aromatic heterocycles. The predicted molar refractivity (Wildman–Crippen MR) is 123 cm³/mol. The predicted octanol–water partition coefficient (Wildman–Crippen LogP) is 4.23. The highest BCUT2D eigenvalue weighted by Crippen LogP contribution is 2.56. The summed E-state index contributed by atoms with van der Waals surface area (Å²) in [5, 5.41) is 12.3. The van der Waals surface area contributed by atoms with Crippen LogP contribution >= 0.6 is 0 Å². The third-order valence-corrected chi connectivity index (χ3v) is 6.32. The van der Waals surface area contributed by atoms with Crippen molar-refractivity contribution >= 4 is 23.2 Å². The molecule has 1 N–H and O–H groups in total. The number of amides is 2. The summed E-state index contributed by atoms with van der Waals surface area (Å²) in [4.78, 5) is 34.8. The Morgan fingerprint density at radius 1 is 0.939 bits per heavy atom. The lowest BCUT2D eigenvalue weighted by Gasteiger charge is -2.33. The van der Waals surface area contributed by atoms with Crippen molar-refractivity contribution in [1.82, 2.24) is 0 Å². The number of para-hydroxylation sites is 2. The van der Waals surface area contributed by atoms with Crippen molar-refractivity contribution in [2.75, 3.05) is 16.6 Å². The summed E-state index contributed by atoms with van der Waals surface area (Å²) in [6.45, 7) is 4.14. The number of hydroxylamine groups is 1. The molecule has 0 unspecified atom stereocenters. The maximum absolute atomic E-state index is 13.9. The monoisotopic (exact) mass is 444 g/mol. The van der Waals surface area contributed by atoms with E-state index in [-0.39, 0.29) is 11.7 Å². The maximum atomic E-state index is 13.9. The first-order valence-electron chi connectivity index (χ1n) is 10.9. The molecule has 7 heteroatoms. The molecule has 3 atom stereocenters. The van der Waals surface area contributed by atoms with Crippen LogP contribution in [0.15, 0.2) is 78.9 Å². The summed E-state index contributed by atoms with van der Waals surface area (Å²) in [5.74, 6) is -0.127. The number of aromatic hydroxyl groups is 1. The largest absolute Gasteiger partial charge is 0.508 e. The SMILES string of the molecule is CCOc1ccc(N2C(=O)[C@@H]3ON(c4ccccc4)[C@@H](c4ccccc4O)[C@@]3(C)C2=O)cc1. The number of hydrogen-bond acceptors (Lipinski definition) is 6. The molecular formula is C26H24N2O5. The number of hydrogen-bond donors (Lipinski definition) is 1. The first kappa shape index (κ1) is 21.0. The number of fused-ring (bicyclic) bond motifs is 1. The fourth-order valence-electron chi connectivity index (χ4n) is 4.72. The molecule has 2 aliphatic heterocycles. The Kier molecular flexibility index (Phi) is 5.06. The number of phenols is 1. The van der Waals surface area contributed by atoms with Crippen molar-refractivity contribution in [3.05, 3.63) is 84.4 Å². The smallest absolute Gasteiger partial charge is 0.266 e. The number of benzene rings is 3. The van der Waals surface area contributed by atoms with Gasteiger partial charge in [0.2, 0.25) is 5.91 Å². The van der Waals surface area contributed by atoms with E-state index in [4.69, 9.17) is 9.57 Å². The molecule has 0 bridgehead atoms. The highest BCUT2D eigenvalue weighted by atomic mass is 16.7. The molecular weight excluding hydrogens is 420 g/mol. The number of carbonyl (C=O) groups excluding carboxylic acids is 2. The number of imide groups is 1. The molecule has 7 nitrogen and oxygen atoms in total. The summed E-state index contributed by atoms with van der Waals surface area (Å²) in [5.41, 5.74) is 0.398. The summed E-state index contributed by atoms with van der Waals surface area (Å²) >= 11 is 0. The maximum Gasteiger partial charge on any atom is 0.266 e. The summed E-state index contributed by atoms with van der Waals surface area (Å²) in [6, 6.07) is 22.2. The highest BCUT2D eigenvalue weighted by molar-refractivity contribution is 6.25. The molecule has 3 aromatic rings. The lowest BCUT2D eigenvalue weighted by Crippen LogP contribution is -2.41. The van der Waals surface area contributed by atoms with Gasteiger partial charge in [-0.3, -0.25) is 14.4 Å². The zero-order chi connectivity index (χ0) is 23.2. The van der Waals surface area contributed by atoms with E-state index in [0.29, 0.717) is 29.3 Å². The Morgan fingerprint density at radius 3 is 2.27 bits per heavy atom. The third kappa shape index (κ3) is 3.15. The van der Waals surface area contributed by atoms with Gasteiger partial charge >= 0.3 is 0 Å². The average Bonchev–Trinajstić information content (AvgIpc) is 3.24. The average molecular weight is 444 g/mol. The van der Waals surface area contributed by atoms with E-state index in [0.717, 1.165) is 0 Å². The number of carbonyl (C=O) groups is 2. The summed E-state index contributed by atoms with van der Waals surface area (Å²) in [6.07, 6.45) is -1.04. The van der Waals surface area contributed by atoms with E-state index in [2.05, 4.69) is 0 Å². The van der Waals surface area contributed by atoms with Crippen LogP contribution in [0.25, 0.3) is 0 Å². The van der Waals surface area contributed by atoms with Gasteiger partial charge < -0.3 is 9.84 Å². The Labute approximate surface area is 191 Å². The number of phenolic OH excluding ortho intramolecular Hbond substituents is 1. The molecule has 0 aliphatic carbocycles. The molecule has 0 radical (unpaired) electrons. The van der Waals surface area contributed by atoms with E-state index in [1.165, 1.54) is 4.90 Å². The van der Waals surface area contributed by atoms with Gasteiger partial charge in [0.15, 0.2) is 6.10 Å².